The first kappa shape index (κ1) is 9.97. The molecule has 0 aliphatic rings. The van der Waals surface area contributed by atoms with E-state index in [0.717, 1.165) is 11.9 Å². The number of carbonyl (C=O) groups is 1. The lowest BCUT2D eigenvalue weighted by molar-refractivity contribution is -0.116. The molecule has 0 saturated carbocycles. The number of ketones is 1. The lowest BCUT2D eigenvalue weighted by Gasteiger charge is -2.00. The van der Waals surface area contributed by atoms with Gasteiger partial charge < -0.3 is 9.78 Å². The number of H-pyrrole nitrogens is 1. The van der Waals surface area contributed by atoms with Crippen LogP contribution in [0.5, 0.6) is 0 Å². The fourth-order valence-corrected chi connectivity index (χ4v) is 1.96. The van der Waals surface area contributed by atoms with Gasteiger partial charge >= 0.3 is 0 Å². The van der Waals surface area contributed by atoms with Crippen LogP contribution in [0.25, 0.3) is 10.9 Å². The van der Waals surface area contributed by atoms with Gasteiger partial charge in [0, 0.05) is 23.5 Å². The maximum Gasteiger partial charge on any atom is 0.130 e. The van der Waals surface area contributed by atoms with Crippen LogP contribution in [0.3, 0.4) is 0 Å². The van der Waals surface area contributed by atoms with Crippen molar-refractivity contribution in [3.8, 4) is 0 Å². The molecule has 0 bridgehead atoms. The molecule has 1 heterocycles. The van der Waals surface area contributed by atoms with Crippen LogP contribution in [0.4, 0.5) is 0 Å². The van der Waals surface area contributed by atoms with Gasteiger partial charge in [-0.15, -0.1) is 0 Å². The Kier molecular flexibility index (Phi) is 2.58. The second-order valence-corrected chi connectivity index (χ2v) is 4.01. The summed E-state index contributed by atoms with van der Waals surface area (Å²) in [5.74, 6) is 0.248. The first-order valence-corrected chi connectivity index (χ1v) is 5.23. The van der Waals surface area contributed by atoms with E-state index in [9.17, 15) is 4.79 Å². The molecule has 0 spiro atoms. The number of fused-ring (bicyclic) bond motifs is 1. The molecule has 0 radical (unpaired) electrons. The Balaban J connectivity index is 2.39. The summed E-state index contributed by atoms with van der Waals surface area (Å²) in [6.45, 7) is 3.75. The van der Waals surface area contributed by atoms with Crippen LogP contribution in [-0.2, 0) is 11.2 Å². The number of rotatable bonds is 3. The van der Waals surface area contributed by atoms with Gasteiger partial charge in [0.05, 0.1) is 0 Å². The summed E-state index contributed by atoms with van der Waals surface area (Å²) in [5, 5.41) is 1.28. The smallest absolute Gasteiger partial charge is 0.130 e. The van der Waals surface area contributed by atoms with Gasteiger partial charge in [-0.2, -0.15) is 0 Å². The van der Waals surface area contributed by atoms with Gasteiger partial charge in [-0.25, -0.2) is 0 Å². The van der Waals surface area contributed by atoms with Crippen LogP contribution in [0.1, 0.15) is 24.5 Å². The second kappa shape index (κ2) is 3.89. The molecule has 0 saturated heterocycles. The number of aromatic nitrogens is 1. The van der Waals surface area contributed by atoms with Crippen molar-refractivity contribution in [1.82, 2.24) is 4.98 Å². The van der Waals surface area contributed by atoms with Crippen molar-refractivity contribution in [2.75, 3.05) is 0 Å². The number of benzene rings is 1. The van der Waals surface area contributed by atoms with Gasteiger partial charge in [0.1, 0.15) is 5.78 Å². The predicted molar refractivity (Wildman–Crippen MR) is 62.0 cm³/mol. The zero-order chi connectivity index (χ0) is 10.8. The van der Waals surface area contributed by atoms with Crippen LogP contribution in [0, 0.1) is 6.92 Å². The molecule has 0 amide bonds. The van der Waals surface area contributed by atoms with Gasteiger partial charge in [0.15, 0.2) is 0 Å². The lowest BCUT2D eigenvalue weighted by atomic mass is 10.0. The predicted octanol–water partition coefficient (Wildman–Crippen LogP) is 3.00. The topological polar surface area (TPSA) is 32.9 Å². The summed E-state index contributed by atoms with van der Waals surface area (Å²) in [7, 11) is 0. The van der Waals surface area contributed by atoms with E-state index >= 15 is 0 Å². The lowest BCUT2D eigenvalue weighted by Crippen LogP contribution is -1.93. The molecule has 2 nitrogen and oxygen atoms in total. The number of hydrogen-bond acceptors (Lipinski definition) is 1. The number of aryl methyl sites for hydroxylation is 2. The van der Waals surface area contributed by atoms with Gasteiger partial charge in [0.25, 0.3) is 0 Å². The average molecular weight is 201 g/mol. The minimum absolute atomic E-state index is 0.248. The van der Waals surface area contributed by atoms with E-state index in [4.69, 9.17) is 0 Å². The van der Waals surface area contributed by atoms with Crippen LogP contribution in [0.2, 0.25) is 0 Å². The number of nitrogens with one attached hydrogen (secondary N) is 1. The summed E-state index contributed by atoms with van der Waals surface area (Å²) >= 11 is 0. The minimum atomic E-state index is 0.248. The Morgan fingerprint density at radius 3 is 2.93 bits per heavy atom. The molecule has 2 aromatic rings. The first-order valence-electron chi connectivity index (χ1n) is 5.23. The molecule has 78 valence electrons. The Labute approximate surface area is 89.3 Å². The highest BCUT2D eigenvalue weighted by atomic mass is 16.1. The fourth-order valence-electron chi connectivity index (χ4n) is 1.96. The van der Waals surface area contributed by atoms with E-state index in [1.54, 1.807) is 6.92 Å². The highest BCUT2D eigenvalue weighted by Gasteiger charge is 2.06. The Morgan fingerprint density at radius 1 is 1.40 bits per heavy atom. The van der Waals surface area contributed by atoms with E-state index in [0.29, 0.717) is 6.42 Å². The maximum atomic E-state index is 10.9. The number of carbonyl (C=O) groups excluding carboxylic acids is 1. The molecule has 0 fully saturated rings. The fraction of sp³-hybridized carbons (Fsp3) is 0.308. The molecule has 0 atom stereocenters. The summed E-state index contributed by atoms with van der Waals surface area (Å²) in [6, 6.07) is 6.22. The largest absolute Gasteiger partial charge is 0.361 e. The molecule has 0 unspecified atom stereocenters. The van der Waals surface area contributed by atoms with E-state index in [-0.39, 0.29) is 5.78 Å². The highest BCUT2D eigenvalue weighted by molar-refractivity contribution is 5.87. The van der Waals surface area contributed by atoms with Crippen LogP contribution in [-0.4, -0.2) is 10.8 Å². The molecule has 1 aromatic heterocycles. The van der Waals surface area contributed by atoms with E-state index in [1.807, 2.05) is 12.3 Å². The third kappa shape index (κ3) is 1.94. The third-order valence-electron chi connectivity index (χ3n) is 2.74. The maximum absolute atomic E-state index is 10.9. The van der Waals surface area contributed by atoms with Crippen molar-refractivity contribution in [3.05, 3.63) is 35.5 Å². The molecule has 1 N–H and O–H groups in total. The molecular weight excluding hydrogens is 186 g/mol. The normalized spacial score (nSPS) is 10.8. The van der Waals surface area contributed by atoms with Crippen LogP contribution < -0.4 is 0 Å². The van der Waals surface area contributed by atoms with Crippen molar-refractivity contribution < 1.29 is 4.79 Å². The summed E-state index contributed by atoms with van der Waals surface area (Å²) < 4.78 is 0. The monoisotopic (exact) mass is 201 g/mol. The van der Waals surface area contributed by atoms with Gasteiger partial charge in [-0.1, -0.05) is 12.1 Å². The van der Waals surface area contributed by atoms with Gasteiger partial charge in [0.2, 0.25) is 0 Å². The SMILES string of the molecule is CC(=O)CCc1c[nH]c2cccc(C)c12. The standard InChI is InChI=1S/C13H15NO/c1-9-4-3-5-12-13(9)11(8-14-12)7-6-10(2)15/h3-5,8,14H,6-7H2,1-2H3. The Hall–Kier alpha value is -1.57. The molecular formula is C13H15NO. The zero-order valence-electron chi connectivity index (χ0n) is 9.13. The minimum Gasteiger partial charge on any atom is -0.361 e. The van der Waals surface area contributed by atoms with Crippen molar-refractivity contribution in [3.63, 3.8) is 0 Å². The Morgan fingerprint density at radius 2 is 2.20 bits per heavy atom. The van der Waals surface area contributed by atoms with Crippen molar-refractivity contribution in [2.24, 2.45) is 0 Å². The number of aromatic amines is 1. The van der Waals surface area contributed by atoms with Gasteiger partial charge in [-0.05, 0) is 37.5 Å². The first-order chi connectivity index (χ1) is 7.18. The molecule has 2 rings (SSSR count). The molecule has 0 aliphatic carbocycles. The molecule has 15 heavy (non-hydrogen) atoms. The molecule has 0 aliphatic heterocycles. The van der Waals surface area contributed by atoms with Crippen LogP contribution in [0.15, 0.2) is 24.4 Å². The van der Waals surface area contributed by atoms with Crippen molar-refractivity contribution in [1.29, 1.82) is 0 Å². The molecule has 1 aromatic carbocycles. The summed E-state index contributed by atoms with van der Waals surface area (Å²) in [5.41, 5.74) is 3.68. The second-order valence-electron chi connectivity index (χ2n) is 4.01. The van der Waals surface area contributed by atoms with Crippen molar-refractivity contribution >= 4 is 16.7 Å². The Bertz CT molecular complexity index is 496. The van der Waals surface area contributed by atoms with Gasteiger partial charge in [-0.3, -0.25) is 0 Å². The highest BCUT2D eigenvalue weighted by Crippen LogP contribution is 2.22. The molecule has 2 heteroatoms. The quantitative estimate of drug-likeness (QED) is 0.813. The third-order valence-corrected chi connectivity index (χ3v) is 2.74. The van der Waals surface area contributed by atoms with E-state index in [1.165, 1.54) is 16.5 Å². The zero-order valence-corrected chi connectivity index (χ0v) is 9.13. The summed E-state index contributed by atoms with van der Waals surface area (Å²) in [4.78, 5) is 14.2. The van der Waals surface area contributed by atoms with Crippen molar-refractivity contribution in [2.45, 2.75) is 26.7 Å². The number of hydrogen-bond donors (Lipinski definition) is 1. The van der Waals surface area contributed by atoms with E-state index in [2.05, 4.69) is 24.0 Å². The van der Waals surface area contributed by atoms with E-state index < -0.39 is 0 Å². The average Bonchev–Trinajstić information content (AvgIpc) is 2.59. The van der Waals surface area contributed by atoms with Crippen LogP contribution >= 0.6 is 0 Å². The number of Topliss-reactive ketones (excluding diaryl/α,β-unsaturated/α-hetero) is 1. The summed E-state index contributed by atoms with van der Waals surface area (Å²) in [6.07, 6.45) is 3.47.